The van der Waals surface area contributed by atoms with Gasteiger partial charge in [-0.05, 0) is 60.2 Å². The van der Waals surface area contributed by atoms with Crippen molar-refractivity contribution in [2.45, 2.75) is 84.3 Å². The van der Waals surface area contributed by atoms with E-state index in [1.165, 1.54) is 26.2 Å². The molecule has 0 fully saturated rings. The van der Waals surface area contributed by atoms with Crippen molar-refractivity contribution in [3.05, 3.63) is 29.7 Å². The first kappa shape index (κ1) is 26.1. The first-order chi connectivity index (χ1) is 14.1. The summed E-state index contributed by atoms with van der Waals surface area (Å²) in [7, 11) is 0. The molecule has 1 heterocycles. The zero-order valence-corrected chi connectivity index (χ0v) is 19.4. The van der Waals surface area contributed by atoms with E-state index in [9.17, 15) is 14.0 Å². The van der Waals surface area contributed by atoms with Crippen LogP contribution in [0.4, 0.5) is 9.18 Å². The van der Waals surface area contributed by atoms with E-state index in [1.54, 1.807) is 45.5 Å². The fraction of sp³-hybridized carbons (Fsp3) is 0.619. The van der Waals surface area contributed by atoms with Gasteiger partial charge in [0, 0.05) is 24.4 Å². The molecule has 0 radical (unpaired) electrons. The summed E-state index contributed by atoms with van der Waals surface area (Å²) in [5, 5.41) is 17.0. The number of hydrogen-bond donors (Lipinski definition) is 4. The van der Waals surface area contributed by atoms with Crippen molar-refractivity contribution < 1.29 is 18.7 Å². The Bertz CT molecular complexity index is 818. The molecule has 2 amide bonds. The van der Waals surface area contributed by atoms with Crippen LogP contribution in [0.25, 0.3) is 0 Å². The van der Waals surface area contributed by atoms with Crippen LogP contribution in [0.2, 0.25) is 0 Å². The van der Waals surface area contributed by atoms with Crippen LogP contribution in [-0.4, -0.2) is 45.2 Å². The zero-order valence-electron chi connectivity index (χ0n) is 19.4. The topological polar surface area (TPSA) is 135 Å². The Morgan fingerprint density at radius 3 is 2.35 bits per heavy atom. The highest BCUT2D eigenvalue weighted by Gasteiger charge is 2.30. The molecule has 0 aliphatic heterocycles. The maximum atomic E-state index is 14.1. The molecule has 1 aromatic rings. The molecule has 0 aliphatic rings. The van der Waals surface area contributed by atoms with E-state index in [4.69, 9.17) is 15.9 Å². The summed E-state index contributed by atoms with van der Waals surface area (Å²) in [6.45, 7) is 11.9. The SMILES string of the molecule is CC(C)(Cn1cc(C(C)(C)F)cn1)NC(=O)C(C/C(C=N)=C/N)NC(=O)OC(C)(C)C. The number of aromatic nitrogens is 2. The third kappa shape index (κ3) is 9.18. The van der Waals surface area contributed by atoms with Crippen molar-refractivity contribution >= 4 is 18.2 Å². The summed E-state index contributed by atoms with van der Waals surface area (Å²) in [6, 6.07) is -1.01. The largest absolute Gasteiger partial charge is 0.444 e. The highest BCUT2D eigenvalue weighted by Crippen LogP contribution is 2.24. The van der Waals surface area contributed by atoms with Gasteiger partial charge in [-0.15, -0.1) is 0 Å². The lowest BCUT2D eigenvalue weighted by Gasteiger charge is -2.30. The van der Waals surface area contributed by atoms with Gasteiger partial charge in [-0.3, -0.25) is 9.48 Å². The number of nitrogens with two attached hydrogens (primary N) is 1. The number of carbonyl (C=O) groups excluding carboxylic acids is 2. The van der Waals surface area contributed by atoms with Gasteiger partial charge < -0.3 is 26.5 Å². The lowest BCUT2D eigenvalue weighted by Crippen LogP contribution is -2.55. The summed E-state index contributed by atoms with van der Waals surface area (Å²) >= 11 is 0. The first-order valence-corrected chi connectivity index (χ1v) is 10.0. The third-order valence-electron chi connectivity index (χ3n) is 4.19. The molecule has 0 saturated heterocycles. The molecule has 5 N–H and O–H groups in total. The van der Waals surface area contributed by atoms with E-state index in [-0.39, 0.29) is 13.0 Å². The van der Waals surface area contributed by atoms with E-state index in [0.29, 0.717) is 11.1 Å². The van der Waals surface area contributed by atoms with Crippen molar-refractivity contribution in [2.24, 2.45) is 5.73 Å². The Balaban J connectivity index is 2.94. The summed E-state index contributed by atoms with van der Waals surface area (Å²) in [5.74, 6) is -0.477. The number of nitrogens with one attached hydrogen (secondary N) is 3. The lowest BCUT2D eigenvalue weighted by atomic mass is 10.0. The molecule has 0 saturated carbocycles. The second-order valence-corrected chi connectivity index (χ2v) is 9.56. The Morgan fingerprint density at radius 1 is 1.29 bits per heavy atom. The van der Waals surface area contributed by atoms with Gasteiger partial charge in [0.05, 0.1) is 18.3 Å². The van der Waals surface area contributed by atoms with Crippen LogP contribution in [0.15, 0.2) is 24.2 Å². The molecule has 174 valence electrons. The van der Waals surface area contributed by atoms with Crippen molar-refractivity contribution in [1.82, 2.24) is 20.4 Å². The van der Waals surface area contributed by atoms with E-state index in [2.05, 4.69) is 15.7 Å². The van der Waals surface area contributed by atoms with Crippen LogP contribution in [0.5, 0.6) is 0 Å². The fourth-order valence-corrected chi connectivity index (χ4v) is 2.69. The minimum atomic E-state index is -1.52. The minimum Gasteiger partial charge on any atom is -0.444 e. The number of nitrogens with zero attached hydrogens (tertiary/aromatic N) is 2. The van der Waals surface area contributed by atoms with Crippen LogP contribution in [0.1, 0.15) is 60.5 Å². The van der Waals surface area contributed by atoms with Gasteiger partial charge in [-0.1, -0.05) is 0 Å². The van der Waals surface area contributed by atoms with Gasteiger partial charge in [0.2, 0.25) is 5.91 Å². The number of alkyl carbamates (subject to hydrolysis) is 1. The normalized spacial score (nSPS) is 14.0. The molecule has 1 unspecified atom stereocenters. The maximum absolute atomic E-state index is 14.1. The molecular formula is C21H35FN6O3. The predicted octanol–water partition coefficient (Wildman–Crippen LogP) is 2.76. The zero-order chi connectivity index (χ0) is 24.0. The van der Waals surface area contributed by atoms with Crippen LogP contribution in [0.3, 0.4) is 0 Å². The predicted molar refractivity (Wildman–Crippen MR) is 117 cm³/mol. The average Bonchev–Trinajstić information content (AvgIpc) is 3.04. The number of halogens is 1. The summed E-state index contributed by atoms with van der Waals surface area (Å²) < 4.78 is 20.9. The molecule has 0 spiro atoms. The molecule has 0 aliphatic carbocycles. The summed E-state index contributed by atoms with van der Waals surface area (Å²) in [5.41, 5.74) is 3.27. The number of hydrogen-bond acceptors (Lipinski definition) is 6. The van der Waals surface area contributed by atoms with Crippen molar-refractivity contribution in [2.75, 3.05) is 0 Å². The monoisotopic (exact) mass is 438 g/mol. The smallest absolute Gasteiger partial charge is 0.408 e. The van der Waals surface area contributed by atoms with Gasteiger partial charge in [-0.25, -0.2) is 9.18 Å². The first-order valence-electron chi connectivity index (χ1n) is 10.0. The number of ether oxygens (including phenoxy) is 1. The molecule has 31 heavy (non-hydrogen) atoms. The Labute approximate surface area is 183 Å². The van der Waals surface area contributed by atoms with Gasteiger partial charge in [-0.2, -0.15) is 5.10 Å². The number of carbonyl (C=O) groups is 2. The third-order valence-corrected chi connectivity index (χ3v) is 4.19. The fourth-order valence-electron chi connectivity index (χ4n) is 2.69. The molecule has 0 bridgehead atoms. The van der Waals surface area contributed by atoms with Crippen LogP contribution in [-0.2, 0) is 21.7 Å². The van der Waals surface area contributed by atoms with Crippen molar-refractivity contribution in [1.29, 1.82) is 5.41 Å². The summed E-state index contributed by atoms with van der Waals surface area (Å²) in [6.07, 6.45) is 4.53. The second-order valence-electron chi connectivity index (χ2n) is 9.56. The van der Waals surface area contributed by atoms with Gasteiger partial charge in [0.1, 0.15) is 17.3 Å². The second kappa shape index (κ2) is 9.93. The lowest BCUT2D eigenvalue weighted by molar-refractivity contribution is -0.125. The minimum absolute atomic E-state index is 0.0170. The van der Waals surface area contributed by atoms with E-state index >= 15 is 0 Å². The van der Waals surface area contributed by atoms with E-state index in [1.807, 2.05) is 0 Å². The maximum Gasteiger partial charge on any atom is 0.408 e. The molecule has 9 nitrogen and oxygen atoms in total. The summed E-state index contributed by atoms with van der Waals surface area (Å²) in [4.78, 5) is 25.2. The van der Waals surface area contributed by atoms with Crippen molar-refractivity contribution in [3.63, 3.8) is 0 Å². The Kier molecular flexibility index (Phi) is 8.37. The van der Waals surface area contributed by atoms with Gasteiger partial charge in [0.25, 0.3) is 0 Å². The van der Waals surface area contributed by atoms with Crippen LogP contribution < -0.4 is 16.4 Å². The Hall–Kier alpha value is -2.91. The van der Waals surface area contributed by atoms with Crippen LogP contribution >= 0.6 is 0 Å². The number of amides is 2. The molecule has 1 aromatic heterocycles. The molecule has 0 aromatic carbocycles. The van der Waals surface area contributed by atoms with E-state index < -0.39 is 34.9 Å². The highest BCUT2D eigenvalue weighted by molar-refractivity contribution is 5.88. The highest BCUT2D eigenvalue weighted by atomic mass is 19.1. The molecule has 1 atom stereocenters. The standard InChI is InChI=1S/C21H35FN6O3/c1-19(2,3)31-18(30)26-16(8-14(9-23)10-24)17(29)27-20(4,5)13-28-12-15(11-25-28)21(6,7)22/h9-12,16,23H,8,13,24H2,1-7H3,(H,26,30)(H,27,29)/b14-10-,23-9?. The van der Waals surface area contributed by atoms with E-state index in [0.717, 1.165) is 6.21 Å². The number of alkyl halides is 1. The van der Waals surface area contributed by atoms with Crippen LogP contribution in [0, 0.1) is 5.41 Å². The Morgan fingerprint density at radius 2 is 1.90 bits per heavy atom. The van der Waals surface area contributed by atoms with Crippen molar-refractivity contribution in [3.8, 4) is 0 Å². The number of rotatable bonds is 9. The average molecular weight is 439 g/mol. The molecular weight excluding hydrogens is 403 g/mol. The molecule has 10 heteroatoms. The quantitative estimate of drug-likeness (QED) is 0.440. The molecule has 1 rings (SSSR count). The van der Waals surface area contributed by atoms with Gasteiger partial charge >= 0.3 is 6.09 Å². The van der Waals surface area contributed by atoms with Gasteiger partial charge in [0.15, 0.2) is 0 Å².